The van der Waals surface area contributed by atoms with E-state index in [0.29, 0.717) is 17.1 Å². The summed E-state index contributed by atoms with van der Waals surface area (Å²) in [5, 5.41) is 12.0. The summed E-state index contributed by atoms with van der Waals surface area (Å²) < 4.78 is 2.80. The highest BCUT2D eigenvalue weighted by atomic mass is 127. The van der Waals surface area contributed by atoms with Crippen molar-refractivity contribution in [2.75, 3.05) is 10.6 Å². The number of benzene rings is 1. The van der Waals surface area contributed by atoms with Crippen LogP contribution in [-0.4, -0.2) is 26.7 Å². The topological polar surface area (TPSA) is 80.3 Å². The Morgan fingerprint density at radius 3 is 2.73 bits per heavy atom. The fraction of sp³-hybridized carbons (Fsp3) is 0.333. The molecule has 1 aliphatic rings. The summed E-state index contributed by atoms with van der Waals surface area (Å²) in [6.07, 6.45) is 6.04. The van der Waals surface area contributed by atoms with Crippen molar-refractivity contribution >= 4 is 57.2 Å². The zero-order chi connectivity index (χ0) is 18.1. The average molecular weight is 483 g/mol. The number of aromatic nitrogens is 3. The Kier molecular flexibility index (Phi) is 5.19. The molecule has 1 fully saturated rings. The van der Waals surface area contributed by atoms with Gasteiger partial charge in [-0.3, -0.25) is 0 Å². The molecule has 26 heavy (non-hydrogen) atoms. The van der Waals surface area contributed by atoms with Gasteiger partial charge < -0.3 is 16.4 Å². The summed E-state index contributed by atoms with van der Waals surface area (Å²) in [5.41, 5.74) is 7.67. The molecule has 0 saturated heterocycles. The molecule has 6 nitrogen and oxygen atoms in total. The molecule has 1 saturated carbocycles. The van der Waals surface area contributed by atoms with Crippen molar-refractivity contribution in [1.29, 1.82) is 0 Å². The van der Waals surface area contributed by atoms with E-state index in [9.17, 15) is 0 Å². The van der Waals surface area contributed by atoms with E-state index in [1.807, 2.05) is 36.5 Å². The highest BCUT2D eigenvalue weighted by molar-refractivity contribution is 14.1. The summed E-state index contributed by atoms with van der Waals surface area (Å²) in [6, 6.07) is 10.4. The van der Waals surface area contributed by atoms with Crippen molar-refractivity contribution in [3.05, 3.63) is 45.1 Å². The minimum absolute atomic E-state index is 0.330. The third kappa shape index (κ3) is 3.74. The van der Waals surface area contributed by atoms with Crippen LogP contribution in [0.4, 0.5) is 17.3 Å². The Hall–Kier alpha value is -1.58. The Balaban J connectivity index is 1.66. The van der Waals surface area contributed by atoms with Gasteiger partial charge in [-0.1, -0.05) is 23.7 Å². The first-order valence-corrected chi connectivity index (χ1v) is 10.1. The summed E-state index contributed by atoms with van der Waals surface area (Å²) in [6.45, 7) is 0. The van der Waals surface area contributed by atoms with E-state index in [1.54, 1.807) is 4.52 Å². The molecule has 4 N–H and O–H groups in total. The molecule has 2 heterocycles. The first kappa shape index (κ1) is 17.8. The lowest BCUT2D eigenvalue weighted by molar-refractivity contribution is 0.410. The standard InChI is InChI=1S/C18H20ClIN6/c19-13-3-1-2-4-15(13)24-17-9-16(23-12-7-5-11(21)6-8-12)25-18-14(20)10-22-26(17)18/h1-4,9-12,24H,5-8,21H2,(H,23,25). The van der Waals surface area contributed by atoms with E-state index in [1.165, 1.54) is 0 Å². The van der Waals surface area contributed by atoms with Gasteiger partial charge in [-0.15, -0.1) is 0 Å². The number of hydrogen-bond donors (Lipinski definition) is 3. The molecule has 4 rings (SSSR count). The van der Waals surface area contributed by atoms with Crippen LogP contribution in [0.25, 0.3) is 5.65 Å². The second-order valence-electron chi connectivity index (χ2n) is 6.62. The van der Waals surface area contributed by atoms with Gasteiger partial charge in [0.25, 0.3) is 0 Å². The van der Waals surface area contributed by atoms with Crippen molar-refractivity contribution in [3.63, 3.8) is 0 Å². The van der Waals surface area contributed by atoms with Gasteiger partial charge in [-0.2, -0.15) is 9.61 Å². The van der Waals surface area contributed by atoms with Crippen LogP contribution in [0.5, 0.6) is 0 Å². The molecule has 0 amide bonds. The summed E-state index contributed by atoms with van der Waals surface area (Å²) >= 11 is 8.56. The van der Waals surface area contributed by atoms with Gasteiger partial charge in [0.1, 0.15) is 11.6 Å². The number of nitrogens with one attached hydrogen (secondary N) is 2. The first-order valence-electron chi connectivity index (χ1n) is 8.68. The average Bonchev–Trinajstić information content (AvgIpc) is 3.00. The van der Waals surface area contributed by atoms with Crippen molar-refractivity contribution in [3.8, 4) is 0 Å². The minimum Gasteiger partial charge on any atom is -0.367 e. The molecule has 0 radical (unpaired) electrons. The first-order chi connectivity index (χ1) is 12.6. The van der Waals surface area contributed by atoms with Crippen LogP contribution < -0.4 is 16.4 Å². The molecule has 1 aromatic carbocycles. The predicted molar refractivity (Wildman–Crippen MR) is 114 cm³/mol. The third-order valence-corrected chi connectivity index (χ3v) is 5.78. The zero-order valence-electron chi connectivity index (χ0n) is 14.1. The van der Waals surface area contributed by atoms with Crippen LogP contribution in [-0.2, 0) is 0 Å². The normalized spacial score (nSPS) is 20.3. The summed E-state index contributed by atoms with van der Waals surface area (Å²) in [5.74, 6) is 1.66. The molecule has 0 aliphatic heterocycles. The Morgan fingerprint density at radius 2 is 1.96 bits per heavy atom. The second-order valence-corrected chi connectivity index (χ2v) is 8.18. The van der Waals surface area contributed by atoms with E-state index in [2.05, 4.69) is 38.3 Å². The number of nitrogens with two attached hydrogens (primary N) is 1. The number of halogens is 2. The van der Waals surface area contributed by atoms with Gasteiger partial charge in [-0.05, 0) is 60.4 Å². The minimum atomic E-state index is 0.330. The Bertz CT molecular complexity index is 919. The molecule has 2 aromatic heterocycles. The lowest BCUT2D eigenvalue weighted by Gasteiger charge is -2.27. The van der Waals surface area contributed by atoms with Gasteiger partial charge in [0.05, 0.1) is 20.5 Å². The van der Waals surface area contributed by atoms with Crippen LogP contribution in [0.15, 0.2) is 36.5 Å². The predicted octanol–water partition coefficient (Wildman–Crippen LogP) is 4.41. The molecule has 1 aliphatic carbocycles. The second kappa shape index (κ2) is 7.58. The number of fused-ring (bicyclic) bond motifs is 1. The van der Waals surface area contributed by atoms with Crippen LogP contribution in [0, 0.1) is 3.57 Å². The molecule has 0 unspecified atom stereocenters. The highest BCUT2D eigenvalue weighted by Gasteiger charge is 2.20. The van der Waals surface area contributed by atoms with E-state index in [-0.39, 0.29) is 0 Å². The molecule has 0 atom stereocenters. The quantitative estimate of drug-likeness (QED) is 0.480. The van der Waals surface area contributed by atoms with Gasteiger partial charge in [0.2, 0.25) is 0 Å². The maximum Gasteiger partial charge on any atom is 0.173 e. The van der Waals surface area contributed by atoms with Gasteiger partial charge in [-0.25, -0.2) is 4.98 Å². The SMILES string of the molecule is NC1CCC(Nc2cc(Nc3ccccc3Cl)n3ncc(I)c3n2)CC1. The van der Waals surface area contributed by atoms with Crippen LogP contribution >= 0.6 is 34.2 Å². The number of para-hydroxylation sites is 1. The van der Waals surface area contributed by atoms with E-state index in [0.717, 1.165) is 52.2 Å². The van der Waals surface area contributed by atoms with Gasteiger partial charge in [0.15, 0.2) is 5.65 Å². The maximum atomic E-state index is 6.30. The Morgan fingerprint density at radius 1 is 1.19 bits per heavy atom. The number of rotatable bonds is 4. The largest absolute Gasteiger partial charge is 0.367 e. The number of hydrogen-bond acceptors (Lipinski definition) is 5. The molecule has 0 bridgehead atoms. The highest BCUT2D eigenvalue weighted by Crippen LogP contribution is 2.28. The van der Waals surface area contributed by atoms with Crippen LogP contribution in [0.1, 0.15) is 25.7 Å². The Labute approximate surface area is 170 Å². The van der Waals surface area contributed by atoms with E-state index < -0.39 is 0 Å². The molecule has 136 valence electrons. The molecule has 3 aromatic rings. The van der Waals surface area contributed by atoms with Gasteiger partial charge >= 0.3 is 0 Å². The van der Waals surface area contributed by atoms with Crippen molar-refractivity contribution in [2.24, 2.45) is 5.73 Å². The number of anilines is 3. The smallest absolute Gasteiger partial charge is 0.173 e. The lowest BCUT2D eigenvalue weighted by Crippen LogP contribution is -2.33. The van der Waals surface area contributed by atoms with E-state index in [4.69, 9.17) is 22.3 Å². The lowest BCUT2D eigenvalue weighted by atomic mass is 9.92. The van der Waals surface area contributed by atoms with E-state index >= 15 is 0 Å². The van der Waals surface area contributed by atoms with Crippen LogP contribution in [0.3, 0.4) is 0 Å². The summed E-state index contributed by atoms with van der Waals surface area (Å²) in [4.78, 5) is 4.75. The zero-order valence-corrected chi connectivity index (χ0v) is 17.0. The van der Waals surface area contributed by atoms with Crippen LogP contribution in [0.2, 0.25) is 5.02 Å². The molecular formula is C18H20ClIN6. The molecular weight excluding hydrogens is 463 g/mol. The summed E-state index contributed by atoms with van der Waals surface area (Å²) in [7, 11) is 0. The monoisotopic (exact) mass is 482 g/mol. The fourth-order valence-corrected chi connectivity index (χ4v) is 3.93. The fourth-order valence-electron chi connectivity index (χ4n) is 3.27. The van der Waals surface area contributed by atoms with Crippen molar-refractivity contribution < 1.29 is 0 Å². The third-order valence-electron chi connectivity index (χ3n) is 4.69. The number of nitrogens with zero attached hydrogens (tertiary/aromatic N) is 3. The van der Waals surface area contributed by atoms with Crippen molar-refractivity contribution in [2.45, 2.75) is 37.8 Å². The van der Waals surface area contributed by atoms with Gasteiger partial charge in [0, 0.05) is 18.2 Å². The molecule has 8 heteroatoms. The molecule has 0 spiro atoms. The maximum absolute atomic E-state index is 6.30. The van der Waals surface area contributed by atoms with Crippen molar-refractivity contribution in [1.82, 2.24) is 14.6 Å².